The monoisotopic (exact) mass is 345 g/mol. The summed E-state index contributed by atoms with van der Waals surface area (Å²) in [6.45, 7) is 0.769. The third-order valence-corrected chi connectivity index (χ3v) is 4.54. The van der Waals surface area contributed by atoms with Crippen LogP contribution in [0.25, 0.3) is 0 Å². The van der Waals surface area contributed by atoms with E-state index in [9.17, 15) is 4.79 Å². The molecular weight excluding hydrogens is 326 g/mol. The van der Waals surface area contributed by atoms with Crippen LogP contribution in [0.15, 0.2) is 67.3 Å². The first-order valence-electron chi connectivity index (χ1n) is 8.66. The first-order chi connectivity index (χ1) is 12.8. The molecule has 0 radical (unpaired) electrons. The minimum Gasteiger partial charge on any atom is -0.332 e. The number of likely N-dealkylation sites (tertiary alicyclic amines) is 1. The quantitative estimate of drug-likeness (QED) is 0.782. The minimum atomic E-state index is 0.0435. The Morgan fingerprint density at radius 2 is 1.85 bits per heavy atom. The number of aromatic nitrogens is 3. The van der Waals surface area contributed by atoms with Crippen molar-refractivity contribution in [2.75, 3.05) is 11.9 Å². The van der Waals surface area contributed by atoms with E-state index in [1.807, 2.05) is 41.3 Å². The van der Waals surface area contributed by atoms with Crippen molar-refractivity contribution in [1.29, 1.82) is 0 Å². The van der Waals surface area contributed by atoms with Gasteiger partial charge in [0.1, 0.15) is 0 Å². The van der Waals surface area contributed by atoms with Gasteiger partial charge in [-0.15, -0.1) is 0 Å². The molecule has 1 amide bonds. The molecule has 1 atom stereocenters. The van der Waals surface area contributed by atoms with Gasteiger partial charge in [0.05, 0.1) is 6.04 Å². The van der Waals surface area contributed by atoms with Crippen LogP contribution in [-0.4, -0.2) is 32.3 Å². The molecule has 26 heavy (non-hydrogen) atoms. The summed E-state index contributed by atoms with van der Waals surface area (Å²) in [5.41, 5.74) is 2.59. The predicted molar refractivity (Wildman–Crippen MR) is 99.0 cm³/mol. The van der Waals surface area contributed by atoms with E-state index < -0.39 is 0 Å². The molecule has 0 spiro atoms. The number of amides is 1. The first-order valence-corrected chi connectivity index (χ1v) is 8.66. The van der Waals surface area contributed by atoms with Gasteiger partial charge in [-0.2, -0.15) is 0 Å². The van der Waals surface area contributed by atoms with E-state index in [0.29, 0.717) is 11.5 Å². The molecule has 3 aromatic rings. The molecule has 1 aromatic carbocycles. The summed E-state index contributed by atoms with van der Waals surface area (Å²) in [4.78, 5) is 27.4. The Morgan fingerprint density at radius 3 is 2.65 bits per heavy atom. The van der Waals surface area contributed by atoms with Crippen LogP contribution in [0, 0.1) is 0 Å². The number of nitrogens with one attached hydrogen (secondary N) is 1. The molecule has 1 saturated heterocycles. The number of nitrogens with zero attached hydrogens (tertiary/aromatic N) is 4. The van der Waals surface area contributed by atoms with Gasteiger partial charge in [0.2, 0.25) is 5.95 Å². The van der Waals surface area contributed by atoms with Crippen LogP contribution in [0.2, 0.25) is 0 Å². The van der Waals surface area contributed by atoms with Crippen LogP contribution in [0.4, 0.5) is 11.6 Å². The highest BCUT2D eigenvalue weighted by atomic mass is 16.2. The van der Waals surface area contributed by atoms with Crippen molar-refractivity contribution >= 4 is 17.5 Å². The van der Waals surface area contributed by atoms with E-state index in [1.165, 1.54) is 0 Å². The third-order valence-electron chi connectivity index (χ3n) is 4.54. The lowest BCUT2D eigenvalue weighted by Gasteiger charge is -2.25. The number of hydrogen-bond donors (Lipinski definition) is 1. The lowest BCUT2D eigenvalue weighted by Crippen LogP contribution is -2.30. The molecule has 1 fully saturated rings. The Morgan fingerprint density at radius 1 is 1.04 bits per heavy atom. The molecule has 2 aromatic heterocycles. The molecule has 0 unspecified atom stereocenters. The van der Waals surface area contributed by atoms with Crippen molar-refractivity contribution in [3.8, 4) is 0 Å². The number of carbonyl (C=O) groups is 1. The van der Waals surface area contributed by atoms with E-state index in [-0.39, 0.29) is 11.9 Å². The van der Waals surface area contributed by atoms with Crippen LogP contribution < -0.4 is 5.32 Å². The summed E-state index contributed by atoms with van der Waals surface area (Å²) < 4.78 is 0. The molecule has 4 rings (SSSR count). The van der Waals surface area contributed by atoms with Crippen molar-refractivity contribution in [2.24, 2.45) is 0 Å². The Balaban J connectivity index is 1.55. The van der Waals surface area contributed by atoms with Gasteiger partial charge in [0.15, 0.2) is 0 Å². The smallest absolute Gasteiger partial charge is 0.254 e. The van der Waals surface area contributed by atoms with Gasteiger partial charge in [0, 0.05) is 42.6 Å². The van der Waals surface area contributed by atoms with Crippen molar-refractivity contribution in [3.63, 3.8) is 0 Å². The molecular formula is C20H19N5O. The first kappa shape index (κ1) is 16.2. The van der Waals surface area contributed by atoms with Gasteiger partial charge in [-0.1, -0.05) is 6.07 Å². The van der Waals surface area contributed by atoms with Gasteiger partial charge in [-0.25, -0.2) is 9.97 Å². The average molecular weight is 345 g/mol. The zero-order valence-electron chi connectivity index (χ0n) is 14.2. The van der Waals surface area contributed by atoms with Crippen LogP contribution in [0.1, 0.15) is 34.8 Å². The number of carbonyl (C=O) groups excluding carboxylic acids is 1. The molecule has 6 heteroatoms. The van der Waals surface area contributed by atoms with Crippen LogP contribution in [0.3, 0.4) is 0 Å². The van der Waals surface area contributed by atoms with Crippen LogP contribution >= 0.6 is 0 Å². The average Bonchev–Trinajstić information content (AvgIpc) is 3.19. The fraction of sp³-hybridized carbons (Fsp3) is 0.200. The molecule has 1 aliphatic heterocycles. The molecule has 3 heterocycles. The summed E-state index contributed by atoms with van der Waals surface area (Å²) in [6.07, 6.45) is 8.89. The largest absolute Gasteiger partial charge is 0.332 e. The van der Waals surface area contributed by atoms with E-state index in [2.05, 4.69) is 20.3 Å². The Bertz CT molecular complexity index is 885. The maximum absolute atomic E-state index is 13.1. The molecule has 130 valence electrons. The fourth-order valence-corrected chi connectivity index (χ4v) is 3.33. The second-order valence-electron chi connectivity index (χ2n) is 6.22. The number of hydrogen-bond acceptors (Lipinski definition) is 5. The lowest BCUT2D eigenvalue weighted by atomic mass is 10.1. The second kappa shape index (κ2) is 7.31. The highest BCUT2D eigenvalue weighted by Gasteiger charge is 2.30. The van der Waals surface area contributed by atoms with Crippen LogP contribution in [0.5, 0.6) is 0 Å². The summed E-state index contributed by atoms with van der Waals surface area (Å²) in [6, 6.07) is 13.3. The summed E-state index contributed by atoms with van der Waals surface area (Å²) in [5.74, 6) is 0.551. The SMILES string of the molecule is O=C(c1cccc(Nc2ncccn2)c1)N1CCC[C@@H]1c1ccncc1. The zero-order valence-corrected chi connectivity index (χ0v) is 14.2. The molecule has 0 bridgehead atoms. The van der Waals surface area contributed by atoms with Gasteiger partial charge in [-0.05, 0) is 54.8 Å². The zero-order chi connectivity index (χ0) is 17.8. The van der Waals surface area contributed by atoms with Gasteiger partial charge >= 0.3 is 0 Å². The maximum atomic E-state index is 13.1. The Hall–Kier alpha value is -3.28. The highest BCUT2D eigenvalue weighted by Crippen LogP contribution is 2.33. The molecule has 6 nitrogen and oxygen atoms in total. The fourth-order valence-electron chi connectivity index (χ4n) is 3.33. The van der Waals surface area contributed by atoms with Crippen LogP contribution in [-0.2, 0) is 0 Å². The van der Waals surface area contributed by atoms with Crippen molar-refractivity contribution in [3.05, 3.63) is 78.4 Å². The Labute approximate surface area is 151 Å². The summed E-state index contributed by atoms with van der Waals surface area (Å²) >= 11 is 0. The number of anilines is 2. The van der Waals surface area contributed by atoms with Crippen molar-refractivity contribution in [1.82, 2.24) is 19.9 Å². The third kappa shape index (κ3) is 3.39. The number of benzene rings is 1. The van der Waals surface area contributed by atoms with Gasteiger partial charge in [-0.3, -0.25) is 9.78 Å². The van der Waals surface area contributed by atoms with Crippen molar-refractivity contribution in [2.45, 2.75) is 18.9 Å². The minimum absolute atomic E-state index is 0.0435. The number of rotatable bonds is 4. The second-order valence-corrected chi connectivity index (χ2v) is 6.22. The molecule has 0 saturated carbocycles. The van der Waals surface area contributed by atoms with Gasteiger partial charge in [0.25, 0.3) is 5.91 Å². The van der Waals surface area contributed by atoms with E-state index >= 15 is 0 Å². The van der Waals surface area contributed by atoms with E-state index in [0.717, 1.165) is 30.6 Å². The Kier molecular flexibility index (Phi) is 4.55. The molecule has 1 N–H and O–H groups in total. The predicted octanol–water partition coefficient (Wildman–Crippen LogP) is 3.59. The van der Waals surface area contributed by atoms with Crippen molar-refractivity contribution < 1.29 is 4.79 Å². The normalized spacial score (nSPS) is 16.5. The van der Waals surface area contributed by atoms with E-state index in [4.69, 9.17) is 0 Å². The highest BCUT2D eigenvalue weighted by molar-refractivity contribution is 5.95. The lowest BCUT2D eigenvalue weighted by molar-refractivity contribution is 0.0735. The summed E-state index contributed by atoms with van der Waals surface area (Å²) in [5, 5.41) is 3.13. The van der Waals surface area contributed by atoms with Gasteiger partial charge < -0.3 is 10.2 Å². The molecule has 1 aliphatic rings. The maximum Gasteiger partial charge on any atom is 0.254 e. The van der Waals surface area contributed by atoms with E-state index in [1.54, 1.807) is 30.9 Å². The topological polar surface area (TPSA) is 71.0 Å². The standard InChI is InChI=1S/C20H19N5O/c26-19(25-13-2-6-18(25)15-7-11-21-12-8-15)16-4-1-5-17(14-16)24-20-22-9-3-10-23-20/h1,3-5,7-12,14,18H,2,6,13H2,(H,22,23,24)/t18-/m1/s1. The molecule has 0 aliphatic carbocycles. The summed E-state index contributed by atoms with van der Waals surface area (Å²) in [7, 11) is 0. The number of pyridine rings is 1.